The van der Waals surface area contributed by atoms with Crippen LogP contribution in [-0.2, 0) is 21.4 Å². The lowest BCUT2D eigenvalue weighted by molar-refractivity contribution is -0.142. The van der Waals surface area contributed by atoms with Crippen molar-refractivity contribution in [2.24, 2.45) is 13.0 Å². The molecule has 0 bridgehead atoms. The maximum Gasteiger partial charge on any atom is 0.246 e. The SMILES string of the molecule is CC(=O)N1CC(=O)N(c2cnn(C)c2)C[C@@]12CCN(CC1CCOCC1)C2. The van der Waals surface area contributed by atoms with Crippen LogP contribution >= 0.6 is 0 Å². The van der Waals surface area contributed by atoms with Gasteiger partial charge in [-0.15, -0.1) is 0 Å². The van der Waals surface area contributed by atoms with E-state index in [9.17, 15) is 9.59 Å². The summed E-state index contributed by atoms with van der Waals surface area (Å²) in [5.41, 5.74) is 0.508. The summed E-state index contributed by atoms with van der Waals surface area (Å²) in [5, 5.41) is 4.21. The molecule has 148 valence electrons. The van der Waals surface area contributed by atoms with E-state index in [0.717, 1.165) is 57.8 Å². The third kappa shape index (κ3) is 3.60. The lowest BCUT2D eigenvalue weighted by atomic mass is 9.91. The summed E-state index contributed by atoms with van der Waals surface area (Å²) in [7, 11) is 1.85. The summed E-state index contributed by atoms with van der Waals surface area (Å²) in [6, 6.07) is 0. The zero-order valence-corrected chi connectivity index (χ0v) is 16.3. The van der Waals surface area contributed by atoms with E-state index < -0.39 is 0 Å². The predicted molar refractivity (Wildman–Crippen MR) is 100 cm³/mol. The molecule has 8 heteroatoms. The van der Waals surface area contributed by atoms with Crippen LogP contribution in [0.2, 0.25) is 0 Å². The Labute approximate surface area is 160 Å². The van der Waals surface area contributed by atoms with Gasteiger partial charge in [-0.1, -0.05) is 0 Å². The van der Waals surface area contributed by atoms with Crippen molar-refractivity contribution in [1.82, 2.24) is 19.6 Å². The van der Waals surface area contributed by atoms with Gasteiger partial charge in [-0.05, 0) is 25.2 Å². The molecule has 0 aliphatic carbocycles. The van der Waals surface area contributed by atoms with Crippen LogP contribution in [0.1, 0.15) is 26.2 Å². The molecule has 3 aliphatic rings. The molecule has 1 atom stereocenters. The molecule has 0 N–H and O–H groups in total. The Bertz CT molecular complexity index is 714. The van der Waals surface area contributed by atoms with Gasteiger partial charge < -0.3 is 19.4 Å². The fourth-order valence-electron chi connectivity index (χ4n) is 4.82. The standard InChI is InChI=1S/C19H29N5O3/c1-15(25)24-12-18(26)23(17-9-20-21(2)11-17)14-19(24)5-6-22(13-19)10-16-3-7-27-8-4-16/h9,11,16H,3-8,10,12-14H2,1-2H3/t19-/m0/s1. The van der Waals surface area contributed by atoms with E-state index in [4.69, 9.17) is 4.74 Å². The molecule has 0 aromatic carbocycles. The van der Waals surface area contributed by atoms with Crippen LogP contribution in [-0.4, -0.2) is 82.9 Å². The first-order valence-electron chi connectivity index (χ1n) is 9.84. The molecule has 0 unspecified atom stereocenters. The second kappa shape index (κ2) is 7.24. The van der Waals surface area contributed by atoms with Gasteiger partial charge in [0.25, 0.3) is 0 Å². The van der Waals surface area contributed by atoms with Gasteiger partial charge in [0.2, 0.25) is 11.8 Å². The Morgan fingerprint density at radius 1 is 1.33 bits per heavy atom. The van der Waals surface area contributed by atoms with E-state index >= 15 is 0 Å². The van der Waals surface area contributed by atoms with Crippen LogP contribution in [0.15, 0.2) is 12.4 Å². The number of aromatic nitrogens is 2. The molecule has 1 spiro atoms. The van der Waals surface area contributed by atoms with Gasteiger partial charge in [-0.25, -0.2) is 0 Å². The fourth-order valence-corrected chi connectivity index (χ4v) is 4.82. The lowest BCUT2D eigenvalue weighted by Gasteiger charge is -2.48. The first-order chi connectivity index (χ1) is 13.0. The normalized spacial score (nSPS) is 27.7. The Morgan fingerprint density at radius 3 is 2.78 bits per heavy atom. The molecule has 1 aromatic rings. The molecule has 3 fully saturated rings. The van der Waals surface area contributed by atoms with E-state index in [-0.39, 0.29) is 23.9 Å². The summed E-state index contributed by atoms with van der Waals surface area (Å²) in [4.78, 5) is 31.2. The number of hydrogen-bond acceptors (Lipinski definition) is 5. The van der Waals surface area contributed by atoms with Crippen LogP contribution in [0.25, 0.3) is 0 Å². The Kier molecular flexibility index (Phi) is 4.94. The maximum absolute atomic E-state index is 12.7. The van der Waals surface area contributed by atoms with E-state index in [1.807, 2.05) is 23.0 Å². The molecule has 2 amide bonds. The first-order valence-corrected chi connectivity index (χ1v) is 9.84. The summed E-state index contributed by atoms with van der Waals surface area (Å²) in [5.74, 6) is 0.619. The number of ether oxygens (including phenoxy) is 1. The van der Waals surface area contributed by atoms with Gasteiger partial charge in [0.15, 0.2) is 0 Å². The van der Waals surface area contributed by atoms with Gasteiger partial charge in [-0.3, -0.25) is 14.3 Å². The second-order valence-corrected chi connectivity index (χ2v) is 8.22. The Balaban J connectivity index is 1.52. The molecule has 0 saturated carbocycles. The van der Waals surface area contributed by atoms with Gasteiger partial charge >= 0.3 is 0 Å². The molecule has 1 aromatic heterocycles. The minimum absolute atomic E-state index is 0.0119. The summed E-state index contributed by atoms with van der Waals surface area (Å²) < 4.78 is 7.18. The van der Waals surface area contributed by atoms with Crippen LogP contribution in [0.4, 0.5) is 5.69 Å². The van der Waals surface area contributed by atoms with Crippen molar-refractivity contribution in [1.29, 1.82) is 0 Å². The molecule has 3 saturated heterocycles. The number of nitrogens with zero attached hydrogens (tertiary/aromatic N) is 5. The first kappa shape index (κ1) is 18.4. The van der Waals surface area contributed by atoms with Crippen molar-refractivity contribution in [3.05, 3.63) is 12.4 Å². The van der Waals surface area contributed by atoms with Crippen molar-refractivity contribution in [2.45, 2.75) is 31.7 Å². The summed E-state index contributed by atoms with van der Waals surface area (Å²) in [6.07, 6.45) is 6.72. The van der Waals surface area contributed by atoms with Crippen molar-refractivity contribution in [2.75, 3.05) is 50.8 Å². The van der Waals surface area contributed by atoms with Gasteiger partial charge in [-0.2, -0.15) is 5.10 Å². The molecule has 4 heterocycles. The van der Waals surface area contributed by atoms with Crippen molar-refractivity contribution in [3.63, 3.8) is 0 Å². The van der Waals surface area contributed by atoms with Crippen LogP contribution < -0.4 is 4.90 Å². The van der Waals surface area contributed by atoms with E-state index in [1.54, 1.807) is 17.8 Å². The number of rotatable bonds is 3. The average molecular weight is 375 g/mol. The summed E-state index contributed by atoms with van der Waals surface area (Å²) >= 11 is 0. The zero-order chi connectivity index (χ0) is 19.0. The quantitative estimate of drug-likeness (QED) is 0.769. The molecular weight excluding hydrogens is 346 g/mol. The molecule has 27 heavy (non-hydrogen) atoms. The number of anilines is 1. The number of hydrogen-bond donors (Lipinski definition) is 0. The predicted octanol–water partition coefficient (Wildman–Crippen LogP) is 0.486. The van der Waals surface area contributed by atoms with E-state index in [0.29, 0.717) is 12.5 Å². The zero-order valence-electron chi connectivity index (χ0n) is 16.3. The number of likely N-dealkylation sites (tertiary alicyclic amines) is 1. The van der Waals surface area contributed by atoms with E-state index in [2.05, 4.69) is 10.00 Å². The molecule has 0 radical (unpaired) electrons. The average Bonchev–Trinajstić information content (AvgIpc) is 3.24. The fraction of sp³-hybridized carbons (Fsp3) is 0.737. The monoisotopic (exact) mass is 375 g/mol. The molecule has 4 rings (SSSR count). The smallest absolute Gasteiger partial charge is 0.246 e. The van der Waals surface area contributed by atoms with Gasteiger partial charge in [0.05, 0.1) is 24.0 Å². The molecule has 3 aliphatic heterocycles. The highest BCUT2D eigenvalue weighted by Gasteiger charge is 2.50. The van der Waals surface area contributed by atoms with Crippen molar-refractivity contribution >= 4 is 17.5 Å². The lowest BCUT2D eigenvalue weighted by Crippen LogP contribution is -2.66. The van der Waals surface area contributed by atoms with Gasteiger partial charge in [0.1, 0.15) is 6.54 Å². The number of aryl methyl sites for hydroxylation is 1. The summed E-state index contributed by atoms with van der Waals surface area (Å²) in [6.45, 7) is 6.83. The largest absolute Gasteiger partial charge is 0.381 e. The minimum Gasteiger partial charge on any atom is -0.381 e. The number of amides is 2. The van der Waals surface area contributed by atoms with Crippen LogP contribution in [0, 0.1) is 5.92 Å². The topological polar surface area (TPSA) is 70.9 Å². The second-order valence-electron chi connectivity index (χ2n) is 8.22. The highest BCUT2D eigenvalue weighted by atomic mass is 16.5. The minimum atomic E-state index is -0.305. The maximum atomic E-state index is 12.7. The molecular formula is C19H29N5O3. The highest BCUT2D eigenvalue weighted by Crippen LogP contribution is 2.35. The van der Waals surface area contributed by atoms with Crippen LogP contribution in [0.5, 0.6) is 0 Å². The van der Waals surface area contributed by atoms with Gasteiger partial charge in [0, 0.05) is 53.0 Å². The van der Waals surface area contributed by atoms with Crippen molar-refractivity contribution in [3.8, 4) is 0 Å². The van der Waals surface area contributed by atoms with E-state index in [1.165, 1.54) is 0 Å². The number of carbonyl (C=O) groups excluding carboxylic acids is 2. The molecule has 8 nitrogen and oxygen atoms in total. The number of piperazine rings is 1. The third-order valence-corrected chi connectivity index (χ3v) is 6.27. The third-order valence-electron chi connectivity index (χ3n) is 6.27. The Morgan fingerprint density at radius 2 is 2.11 bits per heavy atom. The van der Waals surface area contributed by atoms with Crippen LogP contribution in [0.3, 0.4) is 0 Å². The Hall–Kier alpha value is -1.93. The number of carbonyl (C=O) groups is 2. The highest BCUT2D eigenvalue weighted by molar-refractivity contribution is 5.98. The van der Waals surface area contributed by atoms with Crippen molar-refractivity contribution < 1.29 is 14.3 Å².